The van der Waals surface area contributed by atoms with Crippen molar-refractivity contribution in [1.29, 1.82) is 0 Å². The van der Waals surface area contributed by atoms with Gasteiger partial charge in [-0.3, -0.25) is 9.59 Å². The summed E-state index contributed by atoms with van der Waals surface area (Å²) in [6.45, 7) is 5.73. The number of amides is 2. The molecule has 1 aliphatic rings. The van der Waals surface area contributed by atoms with Crippen molar-refractivity contribution >= 4 is 23.5 Å². The van der Waals surface area contributed by atoms with E-state index in [1.807, 2.05) is 38.1 Å². The summed E-state index contributed by atoms with van der Waals surface area (Å²) in [5.74, 6) is -0.894. The Kier molecular flexibility index (Phi) is 6.95. The molecule has 3 rings (SSSR count). The monoisotopic (exact) mass is 424 g/mol. The number of nitrogens with zero attached hydrogens (tertiary/aromatic N) is 1. The lowest BCUT2D eigenvalue weighted by atomic mass is 10.0. The van der Waals surface area contributed by atoms with Gasteiger partial charge in [0.25, 0.3) is 11.8 Å². The van der Waals surface area contributed by atoms with Crippen molar-refractivity contribution in [2.75, 3.05) is 18.6 Å². The van der Waals surface area contributed by atoms with Crippen LogP contribution in [0.25, 0.3) is 0 Å². The Morgan fingerprint density at radius 3 is 2.32 bits per heavy atom. The molecule has 0 aromatic heterocycles. The van der Waals surface area contributed by atoms with Crippen LogP contribution in [0.2, 0.25) is 0 Å². The first kappa shape index (κ1) is 22.3. The summed E-state index contributed by atoms with van der Waals surface area (Å²) < 4.78 is 10.6. The fraction of sp³-hybridized carbons (Fsp3) is 0.375. The molecule has 0 bridgehead atoms. The SMILES string of the molecule is COc1ccc(C(=O)N[C@H](C(=O)O[C@@H](C)C(=O)N2CCc3ccccc32)C(C)C)cc1. The molecule has 0 radical (unpaired) electrons. The molecule has 2 atom stereocenters. The van der Waals surface area contributed by atoms with E-state index in [4.69, 9.17) is 9.47 Å². The third-order valence-electron chi connectivity index (χ3n) is 5.35. The van der Waals surface area contributed by atoms with Gasteiger partial charge in [0, 0.05) is 17.8 Å². The maximum Gasteiger partial charge on any atom is 0.329 e. The topological polar surface area (TPSA) is 84.9 Å². The Morgan fingerprint density at radius 1 is 1.00 bits per heavy atom. The molecule has 7 nitrogen and oxygen atoms in total. The number of hydrogen-bond donors (Lipinski definition) is 1. The Balaban J connectivity index is 1.64. The lowest BCUT2D eigenvalue weighted by Crippen LogP contribution is -2.48. The number of carbonyl (C=O) groups excluding carboxylic acids is 3. The van der Waals surface area contributed by atoms with Crippen LogP contribution in [0.15, 0.2) is 48.5 Å². The molecule has 0 aliphatic carbocycles. The van der Waals surface area contributed by atoms with E-state index in [-0.39, 0.29) is 11.8 Å². The van der Waals surface area contributed by atoms with Crippen molar-refractivity contribution < 1.29 is 23.9 Å². The Bertz CT molecular complexity index is 955. The number of carbonyl (C=O) groups is 3. The van der Waals surface area contributed by atoms with Crippen LogP contribution < -0.4 is 15.0 Å². The summed E-state index contributed by atoms with van der Waals surface area (Å²) in [7, 11) is 1.54. The molecule has 0 unspecified atom stereocenters. The van der Waals surface area contributed by atoms with Crippen molar-refractivity contribution in [3.8, 4) is 5.75 Å². The van der Waals surface area contributed by atoms with Gasteiger partial charge in [0.2, 0.25) is 0 Å². The maximum atomic E-state index is 12.9. The number of benzene rings is 2. The molecule has 164 valence electrons. The number of esters is 1. The van der Waals surface area contributed by atoms with Gasteiger partial charge in [0.1, 0.15) is 11.8 Å². The zero-order valence-corrected chi connectivity index (χ0v) is 18.3. The van der Waals surface area contributed by atoms with Crippen LogP contribution in [-0.2, 0) is 20.7 Å². The van der Waals surface area contributed by atoms with Crippen molar-refractivity contribution in [2.24, 2.45) is 5.92 Å². The third-order valence-corrected chi connectivity index (χ3v) is 5.35. The molecule has 1 aliphatic heterocycles. The molecule has 1 heterocycles. The van der Waals surface area contributed by atoms with Gasteiger partial charge in [0.15, 0.2) is 6.10 Å². The van der Waals surface area contributed by atoms with Gasteiger partial charge in [-0.1, -0.05) is 32.0 Å². The molecule has 0 spiro atoms. The minimum Gasteiger partial charge on any atom is -0.497 e. The normalized spacial score (nSPS) is 14.5. The molecule has 2 amide bonds. The van der Waals surface area contributed by atoms with E-state index in [1.165, 1.54) is 0 Å². The Morgan fingerprint density at radius 2 is 1.68 bits per heavy atom. The van der Waals surface area contributed by atoms with E-state index >= 15 is 0 Å². The standard InChI is InChI=1S/C24H28N2O5/c1-15(2)21(25-22(27)18-9-11-19(30-4)12-10-18)24(29)31-16(3)23(28)26-14-13-17-7-5-6-8-20(17)26/h5-12,15-16,21H,13-14H2,1-4H3,(H,25,27)/t16-,21-/m0/s1. The van der Waals surface area contributed by atoms with E-state index in [1.54, 1.807) is 43.2 Å². The molecule has 31 heavy (non-hydrogen) atoms. The molecular weight excluding hydrogens is 396 g/mol. The van der Waals surface area contributed by atoms with E-state index < -0.39 is 24.0 Å². The smallest absolute Gasteiger partial charge is 0.329 e. The second-order valence-corrected chi connectivity index (χ2v) is 7.87. The van der Waals surface area contributed by atoms with Crippen molar-refractivity contribution in [3.63, 3.8) is 0 Å². The number of rotatable bonds is 7. The van der Waals surface area contributed by atoms with Crippen LogP contribution in [0.3, 0.4) is 0 Å². The van der Waals surface area contributed by atoms with Crippen molar-refractivity contribution in [3.05, 3.63) is 59.7 Å². The summed E-state index contributed by atoms with van der Waals surface area (Å²) in [6, 6.07) is 13.4. The quantitative estimate of drug-likeness (QED) is 0.691. The number of para-hydroxylation sites is 1. The predicted molar refractivity (Wildman–Crippen MR) is 117 cm³/mol. The van der Waals surface area contributed by atoms with Crippen LogP contribution in [0.4, 0.5) is 5.69 Å². The lowest BCUT2D eigenvalue weighted by molar-refractivity contribution is -0.156. The second-order valence-electron chi connectivity index (χ2n) is 7.87. The van der Waals surface area contributed by atoms with E-state index in [2.05, 4.69) is 5.32 Å². The highest BCUT2D eigenvalue weighted by Gasteiger charge is 2.33. The van der Waals surface area contributed by atoms with Gasteiger partial charge < -0.3 is 19.7 Å². The zero-order chi connectivity index (χ0) is 22.5. The van der Waals surface area contributed by atoms with Crippen LogP contribution in [0.1, 0.15) is 36.7 Å². The van der Waals surface area contributed by atoms with Crippen LogP contribution in [0, 0.1) is 5.92 Å². The van der Waals surface area contributed by atoms with Gasteiger partial charge in [0.05, 0.1) is 7.11 Å². The highest BCUT2D eigenvalue weighted by Crippen LogP contribution is 2.28. The van der Waals surface area contributed by atoms with Gasteiger partial charge >= 0.3 is 5.97 Å². The van der Waals surface area contributed by atoms with Crippen LogP contribution in [-0.4, -0.2) is 43.6 Å². The Hall–Kier alpha value is -3.35. The van der Waals surface area contributed by atoms with Crippen LogP contribution in [0.5, 0.6) is 5.75 Å². The molecule has 2 aromatic carbocycles. The molecule has 7 heteroatoms. The zero-order valence-electron chi connectivity index (χ0n) is 18.3. The van der Waals surface area contributed by atoms with E-state index in [0.717, 1.165) is 17.7 Å². The average molecular weight is 424 g/mol. The Labute approximate surface area is 182 Å². The molecule has 1 N–H and O–H groups in total. The first-order valence-corrected chi connectivity index (χ1v) is 10.4. The number of ether oxygens (including phenoxy) is 2. The number of hydrogen-bond acceptors (Lipinski definition) is 5. The minimum absolute atomic E-state index is 0.218. The second kappa shape index (κ2) is 9.64. The van der Waals surface area contributed by atoms with Gasteiger partial charge in [-0.15, -0.1) is 0 Å². The molecule has 2 aromatic rings. The third kappa shape index (κ3) is 5.05. The highest BCUT2D eigenvalue weighted by atomic mass is 16.5. The molecular formula is C24H28N2O5. The average Bonchev–Trinajstić information content (AvgIpc) is 3.20. The number of anilines is 1. The fourth-order valence-corrected chi connectivity index (χ4v) is 3.55. The van der Waals surface area contributed by atoms with Crippen molar-refractivity contribution in [1.82, 2.24) is 5.32 Å². The predicted octanol–water partition coefficient (Wildman–Crippen LogP) is 2.97. The summed E-state index contributed by atoms with van der Waals surface area (Å²) in [5, 5.41) is 2.72. The molecule has 0 saturated carbocycles. The molecule has 0 saturated heterocycles. The van der Waals surface area contributed by atoms with Gasteiger partial charge in [-0.05, 0) is 55.2 Å². The first-order valence-electron chi connectivity index (χ1n) is 10.4. The first-order chi connectivity index (χ1) is 14.8. The summed E-state index contributed by atoms with van der Waals surface area (Å²) in [4.78, 5) is 39.9. The highest BCUT2D eigenvalue weighted by molar-refractivity contribution is 6.00. The summed E-state index contributed by atoms with van der Waals surface area (Å²) in [6.07, 6.45) is -0.187. The lowest BCUT2D eigenvalue weighted by Gasteiger charge is -2.25. The number of nitrogens with one attached hydrogen (secondary N) is 1. The minimum atomic E-state index is -0.960. The summed E-state index contributed by atoms with van der Waals surface area (Å²) >= 11 is 0. The van der Waals surface area contributed by atoms with Gasteiger partial charge in [-0.2, -0.15) is 0 Å². The molecule has 0 fully saturated rings. The van der Waals surface area contributed by atoms with Crippen LogP contribution >= 0.6 is 0 Å². The number of fused-ring (bicyclic) bond motifs is 1. The van der Waals surface area contributed by atoms with E-state index in [9.17, 15) is 14.4 Å². The largest absolute Gasteiger partial charge is 0.497 e. The van der Waals surface area contributed by atoms with Crippen molar-refractivity contribution in [2.45, 2.75) is 39.3 Å². The fourth-order valence-electron chi connectivity index (χ4n) is 3.55. The summed E-state index contributed by atoms with van der Waals surface area (Å²) in [5.41, 5.74) is 2.35. The van der Waals surface area contributed by atoms with Gasteiger partial charge in [-0.25, -0.2) is 4.79 Å². The van der Waals surface area contributed by atoms with E-state index in [0.29, 0.717) is 17.9 Å². The maximum absolute atomic E-state index is 12.9. The number of methoxy groups -OCH3 is 1.